The topological polar surface area (TPSA) is 155 Å². The molecule has 0 aromatic rings. The molecule has 0 heterocycles. The number of rotatable bonds is 61. The molecule has 0 saturated carbocycles. The average molecular weight is 1150 g/mol. The van der Waals surface area contributed by atoms with Gasteiger partial charge in [0.1, 0.15) is 12.7 Å². The highest BCUT2D eigenvalue weighted by atomic mass is 31.2. The number of unbranched alkanes of at least 4 members (excludes halogenated alkanes) is 32. The first kappa shape index (κ1) is 76.9. The summed E-state index contributed by atoms with van der Waals surface area (Å²) in [5, 5.41) is 9.86. The van der Waals surface area contributed by atoms with Crippen molar-refractivity contribution in [2.45, 2.75) is 315 Å². The monoisotopic (exact) mass is 1140 g/mol. The van der Waals surface area contributed by atoms with Gasteiger partial charge in [-0.1, -0.05) is 273 Å². The Morgan fingerprint density at radius 1 is 0.362 bits per heavy atom. The molecule has 0 aromatic heterocycles. The quantitative estimate of drug-likeness (QED) is 0.0197. The normalized spacial score (nSPS) is 13.7. The molecule has 0 aromatic carbocycles. The molecule has 0 saturated heterocycles. The van der Waals surface area contributed by atoms with Crippen LogP contribution in [0, 0.1) is 0 Å². The highest BCUT2D eigenvalue weighted by Crippen LogP contribution is 2.43. The third-order valence-corrected chi connectivity index (χ3v) is 15.1. The lowest BCUT2D eigenvalue weighted by Crippen LogP contribution is -2.30. The maximum atomic E-state index is 13.0. The van der Waals surface area contributed by atoms with Crippen LogP contribution in [0.3, 0.4) is 0 Å². The standard InChI is InChI=1S/C68H121O11P/c1-4-7-10-13-16-19-22-25-28-31-32-35-38-41-44-47-50-53-56-59-68(72)79-65(61-75-66(70)57-54-51-48-45-42-39-36-33-29-26-23-20-17-14-11-8-5-2)63-77-80(73,74)76-62-64(60-69)78-67(71)58-55-52-49-46-43-40-37-34-30-27-24-21-18-15-12-9-6-3/h8,11,17,20,25-26,28-29,36,39,45,48,64-65,69H,4-7,9-10,12-16,18-19,21-24,27,30-35,37-38,40-44,46-47,49-63H2,1-3H3,(H,73,74)/b11-8-,20-17-,28-25-,29-26-,39-36-,48-45-. The SMILES string of the molecule is CC/C=C\C/C=C\C/C=C\C/C=C\C/C=C\CCCC(=O)OCC(COP(=O)(O)OCC(CO)OC(=O)CCCCCCCCCCCCCCCCCCC)OC(=O)CCCCCCCCCCC/C=C\CCCCCCCC. The summed E-state index contributed by atoms with van der Waals surface area (Å²) in [7, 11) is -4.77. The molecule has 0 amide bonds. The fraction of sp³-hybridized carbons (Fsp3) is 0.779. The van der Waals surface area contributed by atoms with E-state index in [2.05, 4.69) is 87.6 Å². The van der Waals surface area contributed by atoms with Crippen LogP contribution < -0.4 is 0 Å². The van der Waals surface area contributed by atoms with E-state index in [0.29, 0.717) is 25.7 Å². The second-order valence-corrected chi connectivity index (χ2v) is 23.4. The van der Waals surface area contributed by atoms with Gasteiger partial charge in [-0.05, 0) is 83.5 Å². The largest absolute Gasteiger partial charge is 0.472 e. The second-order valence-electron chi connectivity index (χ2n) is 21.9. The van der Waals surface area contributed by atoms with Crippen molar-refractivity contribution >= 4 is 25.7 Å². The molecule has 0 fully saturated rings. The van der Waals surface area contributed by atoms with Gasteiger partial charge in [-0.15, -0.1) is 0 Å². The number of hydrogen-bond donors (Lipinski definition) is 2. The molecule has 12 heteroatoms. The molecule has 0 radical (unpaired) electrons. The number of phosphoric ester groups is 1. The first-order chi connectivity index (χ1) is 39.2. The molecule has 3 unspecified atom stereocenters. The van der Waals surface area contributed by atoms with Crippen molar-refractivity contribution in [2.75, 3.05) is 26.4 Å². The number of carbonyl (C=O) groups excluding carboxylic acids is 3. The lowest BCUT2D eigenvalue weighted by molar-refractivity contribution is -0.161. The molecule has 0 aliphatic rings. The van der Waals surface area contributed by atoms with Crippen LogP contribution in [0.2, 0.25) is 0 Å². The van der Waals surface area contributed by atoms with Gasteiger partial charge in [-0.3, -0.25) is 23.4 Å². The number of ether oxygens (including phenoxy) is 3. The zero-order chi connectivity index (χ0) is 58.3. The number of allylic oxidation sites excluding steroid dienone is 12. The average Bonchev–Trinajstić information content (AvgIpc) is 3.45. The number of aliphatic hydroxyl groups excluding tert-OH is 1. The minimum Gasteiger partial charge on any atom is -0.462 e. The van der Waals surface area contributed by atoms with Crippen LogP contribution in [0.1, 0.15) is 303 Å². The summed E-state index contributed by atoms with van der Waals surface area (Å²) in [6.45, 7) is 4.52. The maximum Gasteiger partial charge on any atom is 0.472 e. The molecule has 2 N–H and O–H groups in total. The lowest BCUT2D eigenvalue weighted by Gasteiger charge is -2.21. The molecule has 464 valence electrons. The Hall–Kier alpha value is -3.08. The minimum atomic E-state index is -4.77. The van der Waals surface area contributed by atoms with Crippen LogP contribution in [-0.4, -0.2) is 66.5 Å². The highest BCUT2D eigenvalue weighted by molar-refractivity contribution is 7.47. The number of carbonyl (C=O) groups is 3. The molecule has 0 bridgehead atoms. The smallest absolute Gasteiger partial charge is 0.462 e. The molecule has 0 rings (SSSR count). The maximum absolute atomic E-state index is 13.0. The summed E-state index contributed by atoms with van der Waals surface area (Å²) in [6.07, 6.45) is 71.5. The van der Waals surface area contributed by atoms with E-state index in [1.165, 1.54) is 167 Å². The fourth-order valence-corrected chi connectivity index (χ4v) is 9.94. The van der Waals surface area contributed by atoms with E-state index in [1.54, 1.807) is 0 Å². The molecule has 0 spiro atoms. The minimum absolute atomic E-state index is 0.148. The van der Waals surface area contributed by atoms with Crippen LogP contribution in [0.15, 0.2) is 72.9 Å². The lowest BCUT2D eigenvalue weighted by atomic mass is 10.0. The number of hydrogen-bond acceptors (Lipinski definition) is 10. The summed E-state index contributed by atoms with van der Waals surface area (Å²) in [5.41, 5.74) is 0. The van der Waals surface area contributed by atoms with Crippen LogP contribution in [0.5, 0.6) is 0 Å². The van der Waals surface area contributed by atoms with Gasteiger partial charge in [0.05, 0.1) is 19.8 Å². The third-order valence-electron chi connectivity index (χ3n) is 14.1. The van der Waals surface area contributed by atoms with Gasteiger partial charge < -0.3 is 24.2 Å². The van der Waals surface area contributed by atoms with Crippen molar-refractivity contribution in [3.05, 3.63) is 72.9 Å². The third kappa shape index (κ3) is 59.5. The van der Waals surface area contributed by atoms with E-state index in [0.717, 1.165) is 70.6 Å². The Morgan fingerprint density at radius 3 is 1.05 bits per heavy atom. The van der Waals surface area contributed by atoms with Crippen molar-refractivity contribution in [1.29, 1.82) is 0 Å². The number of esters is 3. The Morgan fingerprint density at radius 2 is 0.662 bits per heavy atom. The van der Waals surface area contributed by atoms with Crippen molar-refractivity contribution < 1.29 is 52.2 Å². The van der Waals surface area contributed by atoms with Gasteiger partial charge in [0.2, 0.25) is 0 Å². The molecule has 3 atom stereocenters. The van der Waals surface area contributed by atoms with Crippen LogP contribution in [0.25, 0.3) is 0 Å². The Kier molecular flexibility index (Phi) is 59.6. The first-order valence-corrected chi connectivity index (χ1v) is 34.3. The zero-order valence-corrected chi connectivity index (χ0v) is 52.4. The van der Waals surface area contributed by atoms with Gasteiger partial charge in [-0.25, -0.2) is 4.57 Å². The van der Waals surface area contributed by atoms with Gasteiger partial charge in [0.15, 0.2) is 6.10 Å². The van der Waals surface area contributed by atoms with Gasteiger partial charge in [-0.2, -0.15) is 0 Å². The van der Waals surface area contributed by atoms with Gasteiger partial charge >= 0.3 is 25.7 Å². The molecule has 11 nitrogen and oxygen atoms in total. The molecule has 0 aliphatic carbocycles. The molecule has 80 heavy (non-hydrogen) atoms. The van der Waals surface area contributed by atoms with Gasteiger partial charge in [0.25, 0.3) is 0 Å². The predicted molar refractivity (Wildman–Crippen MR) is 335 cm³/mol. The van der Waals surface area contributed by atoms with E-state index >= 15 is 0 Å². The Bertz CT molecular complexity index is 1620. The van der Waals surface area contributed by atoms with E-state index in [-0.39, 0.29) is 25.9 Å². The summed E-state index contributed by atoms with van der Waals surface area (Å²) in [5.74, 6) is -1.52. The van der Waals surface area contributed by atoms with Crippen LogP contribution in [0.4, 0.5) is 0 Å². The summed E-state index contributed by atoms with van der Waals surface area (Å²) in [6, 6.07) is 0. The van der Waals surface area contributed by atoms with Crippen molar-refractivity contribution in [2.24, 2.45) is 0 Å². The molecular formula is C68H121O11P. The molecular weight excluding hydrogens is 1020 g/mol. The predicted octanol–water partition coefficient (Wildman–Crippen LogP) is 20.0. The van der Waals surface area contributed by atoms with Crippen LogP contribution in [-0.2, 0) is 42.2 Å². The number of aliphatic hydroxyl groups is 1. The van der Waals surface area contributed by atoms with Gasteiger partial charge in [0, 0.05) is 19.3 Å². The van der Waals surface area contributed by atoms with Crippen molar-refractivity contribution in [3.63, 3.8) is 0 Å². The Balaban J connectivity index is 4.74. The van der Waals surface area contributed by atoms with E-state index in [1.807, 2.05) is 6.08 Å². The fourth-order valence-electron chi connectivity index (χ4n) is 9.15. The summed E-state index contributed by atoms with van der Waals surface area (Å²) < 4.78 is 39.7. The molecule has 0 aliphatic heterocycles. The highest BCUT2D eigenvalue weighted by Gasteiger charge is 2.28. The van der Waals surface area contributed by atoms with E-state index < -0.39 is 57.8 Å². The van der Waals surface area contributed by atoms with Crippen LogP contribution >= 0.6 is 7.82 Å². The van der Waals surface area contributed by atoms with E-state index in [4.69, 9.17) is 23.3 Å². The van der Waals surface area contributed by atoms with Crippen molar-refractivity contribution in [3.8, 4) is 0 Å². The van der Waals surface area contributed by atoms with E-state index in [9.17, 15) is 28.9 Å². The number of phosphoric acid groups is 1. The zero-order valence-electron chi connectivity index (χ0n) is 51.5. The Labute approximate surface area is 490 Å². The van der Waals surface area contributed by atoms with Crippen molar-refractivity contribution in [1.82, 2.24) is 0 Å². The second kappa shape index (κ2) is 62.0. The summed E-state index contributed by atoms with van der Waals surface area (Å²) in [4.78, 5) is 48.8. The summed E-state index contributed by atoms with van der Waals surface area (Å²) >= 11 is 0. The first-order valence-electron chi connectivity index (χ1n) is 32.8.